The van der Waals surface area contributed by atoms with E-state index in [2.05, 4.69) is 35.5 Å². The van der Waals surface area contributed by atoms with E-state index in [1.807, 2.05) is 6.07 Å². The van der Waals surface area contributed by atoms with Gasteiger partial charge in [0.05, 0.1) is 18.3 Å². The lowest BCUT2D eigenvalue weighted by molar-refractivity contribution is -0.274. The minimum atomic E-state index is -4.79. The Hall–Kier alpha value is -3.74. The van der Waals surface area contributed by atoms with E-state index in [4.69, 9.17) is 0 Å². The summed E-state index contributed by atoms with van der Waals surface area (Å²) >= 11 is 1.39. The Morgan fingerprint density at radius 2 is 1.92 bits per heavy atom. The molecule has 0 aliphatic carbocycles. The highest BCUT2D eigenvalue weighted by molar-refractivity contribution is 7.15. The molecule has 190 valence electrons. The second-order valence-electron chi connectivity index (χ2n) is 8.21. The topological polar surface area (TPSA) is 109 Å². The number of rotatable bonds is 7. The first kappa shape index (κ1) is 25.4. The van der Waals surface area contributed by atoms with Crippen molar-refractivity contribution < 1.29 is 27.5 Å². The lowest BCUT2D eigenvalue weighted by atomic mass is 9.97. The quantitative estimate of drug-likeness (QED) is 0.477. The minimum absolute atomic E-state index is 0.124. The van der Waals surface area contributed by atoms with E-state index in [1.54, 1.807) is 18.3 Å². The van der Waals surface area contributed by atoms with Gasteiger partial charge in [-0.1, -0.05) is 23.5 Å². The maximum Gasteiger partial charge on any atom is 0.573 e. The molecular weight excluding hydrogens is 497 g/mol. The summed E-state index contributed by atoms with van der Waals surface area (Å²) in [7, 11) is 0. The summed E-state index contributed by atoms with van der Waals surface area (Å²) in [5.74, 6) is -0.341. The van der Waals surface area contributed by atoms with Crippen LogP contribution in [0.3, 0.4) is 0 Å². The summed E-state index contributed by atoms with van der Waals surface area (Å²) in [5, 5.41) is 14.9. The Labute approximate surface area is 208 Å². The first-order valence-corrected chi connectivity index (χ1v) is 11.9. The molecule has 0 atom stereocenters. The van der Waals surface area contributed by atoms with Crippen molar-refractivity contribution in [2.45, 2.75) is 38.5 Å². The summed E-state index contributed by atoms with van der Waals surface area (Å²) in [4.78, 5) is 30.0. The number of piperidine rings is 1. The number of nitrogens with zero attached hydrogens (tertiary/aromatic N) is 4. The molecule has 1 fully saturated rings. The van der Waals surface area contributed by atoms with Crippen LogP contribution in [0.1, 0.15) is 36.3 Å². The first-order valence-electron chi connectivity index (χ1n) is 11.1. The molecule has 1 aliphatic heterocycles. The van der Waals surface area contributed by atoms with Crippen LogP contribution in [0, 0.1) is 0 Å². The van der Waals surface area contributed by atoms with Gasteiger partial charge in [0, 0.05) is 25.9 Å². The van der Waals surface area contributed by atoms with E-state index < -0.39 is 12.3 Å². The van der Waals surface area contributed by atoms with Gasteiger partial charge in [-0.25, -0.2) is 4.98 Å². The summed E-state index contributed by atoms with van der Waals surface area (Å²) in [6.07, 6.45) is -1.49. The highest BCUT2D eigenvalue weighted by atomic mass is 32.1. The summed E-state index contributed by atoms with van der Waals surface area (Å²) in [6.45, 7) is 3.02. The number of alkyl halides is 3. The summed E-state index contributed by atoms with van der Waals surface area (Å²) in [6, 6.07) is 8.84. The zero-order valence-corrected chi connectivity index (χ0v) is 20.0. The van der Waals surface area contributed by atoms with Crippen LogP contribution in [0.5, 0.6) is 5.75 Å². The molecular formula is C23H23F3N6O3S. The Morgan fingerprint density at radius 1 is 1.14 bits per heavy atom. The van der Waals surface area contributed by atoms with Gasteiger partial charge in [0.15, 0.2) is 0 Å². The molecule has 2 N–H and O–H groups in total. The number of amides is 2. The largest absolute Gasteiger partial charge is 0.573 e. The number of nitrogens with one attached hydrogen (secondary N) is 2. The highest BCUT2D eigenvalue weighted by Crippen LogP contribution is 2.33. The number of ether oxygens (including phenoxy) is 1. The molecule has 1 saturated heterocycles. The van der Waals surface area contributed by atoms with E-state index in [1.165, 1.54) is 36.5 Å². The molecule has 36 heavy (non-hydrogen) atoms. The number of aromatic nitrogens is 3. The van der Waals surface area contributed by atoms with Crippen molar-refractivity contribution in [1.82, 2.24) is 15.2 Å². The van der Waals surface area contributed by atoms with Crippen molar-refractivity contribution in [2.24, 2.45) is 0 Å². The fraction of sp³-hybridized carbons (Fsp3) is 0.348. The number of pyridine rings is 1. The molecule has 4 rings (SSSR count). The molecule has 1 aliphatic rings. The maximum absolute atomic E-state index is 12.4. The first-order chi connectivity index (χ1) is 17.1. The zero-order valence-electron chi connectivity index (χ0n) is 19.2. The van der Waals surface area contributed by atoms with E-state index in [0.29, 0.717) is 16.5 Å². The van der Waals surface area contributed by atoms with Crippen LogP contribution < -0.4 is 20.3 Å². The summed E-state index contributed by atoms with van der Waals surface area (Å²) in [5.41, 5.74) is 1.30. The number of carbonyl (C=O) groups is 2. The lowest BCUT2D eigenvalue weighted by Crippen LogP contribution is -2.32. The van der Waals surface area contributed by atoms with Gasteiger partial charge in [0.25, 0.3) is 0 Å². The Bertz CT molecular complexity index is 1210. The predicted octanol–water partition coefficient (Wildman–Crippen LogP) is 4.36. The van der Waals surface area contributed by atoms with E-state index >= 15 is 0 Å². The van der Waals surface area contributed by atoms with Gasteiger partial charge in [0.1, 0.15) is 16.6 Å². The molecule has 9 nitrogen and oxygen atoms in total. The standard InChI is InChI=1S/C23H23F3N6O3S/c1-14(33)28-22-31-30-21(36-22)16-7-9-32(10-8-16)17-5-6-19(27-13-17)29-20(34)12-15-3-2-4-18(11-15)35-23(24,25)26/h2-6,11,13,16H,7-10,12H2,1H3,(H,27,29,34)(H,28,31,33). The fourth-order valence-corrected chi connectivity index (χ4v) is 4.82. The molecule has 0 radical (unpaired) electrons. The number of anilines is 3. The average molecular weight is 521 g/mol. The molecule has 2 aromatic heterocycles. The maximum atomic E-state index is 12.4. The molecule has 2 amide bonds. The highest BCUT2D eigenvalue weighted by Gasteiger charge is 2.31. The second kappa shape index (κ2) is 10.9. The van der Waals surface area contributed by atoms with Crippen molar-refractivity contribution in [3.8, 4) is 5.75 Å². The molecule has 0 saturated carbocycles. The normalized spacial score (nSPS) is 14.4. The number of hydrogen-bond acceptors (Lipinski definition) is 8. The van der Waals surface area contributed by atoms with Crippen molar-refractivity contribution in [3.63, 3.8) is 0 Å². The van der Waals surface area contributed by atoms with E-state index in [9.17, 15) is 22.8 Å². The summed E-state index contributed by atoms with van der Waals surface area (Å²) < 4.78 is 41.1. The van der Waals surface area contributed by atoms with Crippen molar-refractivity contribution in [2.75, 3.05) is 28.6 Å². The van der Waals surface area contributed by atoms with Crippen molar-refractivity contribution in [3.05, 3.63) is 53.2 Å². The zero-order chi connectivity index (χ0) is 25.7. The number of hydrogen-bond donors (Lipinski definition) is 2. The predicted molar refractivity (Wildman–Crippen MR) is 128 cm³/mol. The minimum Gasteiger partial charge on any atom is -0.406 e. The second-order valence-corrected chi connectivity index (χ2v) is 9.22. The van der Waals surface area contributed by atoms with Gasteiger partial charge in [-0.15, -0.1) is 23.4 Å². The van der Waals surface area contributed by atoms with Gasteiger partial charge in [-0.2, -0.15) is 0 Å². The smallest absolute Gasteiger partial charge is 0.406 e. The van der Waals surface area contributed by atoms with E-state index in [-0.39, 0.29) is 24.0 Å². The third-order valence-corrected chi connectivity index (χ3v) is 6.45. The monoisotopic (exact) mass is 520 g/mol. The van der Waals surface area contributed by atoms with Gasteiger partial charge < -0.3 is 20.3 Å². The van der Waals surface area contributed by atoms with E-state index in [0.717, 1.165) is 36.6 Å². The van der Waals surface area contributed by atoms with Gasteiger partial charge >= 0.3 is 6.36 Å². The van der Waals surface area contributed by atoms with Crippen LogP contribution in [-0.4, -0.2) is 46.4 Å². The molecule has 13 heteroatoms. The third-order valence-electron chi connectivity index (χ3n) is 5.45. The van der Waals surface area contributed by atoms with Crippen LogP contribution in [0.2, 0.25) is 0 Å². The molecule has 0 spiro atoms. The molecule has 3 aromatic rings. The Kier molecular flexibility index (Phi) is 7.67. The molecule has 0 bridgehead atoms. The number of halogens is 3. The number of carbonyl (C=O) groups excluding carboxylic acids is 2. The third kappa shape index (κ3) is 7.13. The van der Waals surface area contributed by atoms with Gasteiger partial charge in [0.2, 0.25) is 16.9 Å². The number of benzene rings is 1. The van der Waals surface area contributed by atoms with Gasteiger partial charge in [-0.3, -0.25) is 9.59 Å². The van der Waals surface area contributed by atoms with Crippen LogP contribution in [0.25, 0.3) is 0 Å². The lowest BCUT2D eigenvalue weighted by Gasteiger charge is -2.32. The Balaban J connectivity index is 1.27. The Morgan fingerprint density at radius 3 is 2.58 bits per heavy atom. The van der Waals surface area contributed by atoms with Crippen molar-refractivity contribution in [1.29, 1.82) is 0 Å². The average Bonchev–Trinajstić information content (AvgIpc) is 3.26. The van der Waals surface area contributed by atoms with Crippen LogP contribution in [0.4, 0.5) is 29.8 Å². The van der Waals surface area contributed by atoms with Crippen molar-refractivity contribution >= 4 is 39.8 Å². The molecule has 0 unspecified atom stereocenters. The van der Waals surface area contributed by atoms with Crippen LogP contribution in [-0.2, 0) is 16.0 Å². The molecule has 3 heterocycles. The fourth-order valence-electron chi connectivity index (χ4n) is 3.86. The SMILES string of the molecule is CC(=O)Nc1nnc(C2CCN(c3ccc(NC(=O)Cc4cccc(OC(F)(F)F)c4)nc3)CC2)s1. The molecule has 1 aromatic carbocycles. The van der Waals surface area contributed by atoms with Crippen LogP contribution in [0.15, 0.2) is 42.6 Å². The van der Waals surface area contributed by atoms with Crippen LogP contribution >= 0.6 is 11.3 Å². The van der Waals surface area contributed by atoms with Gasteiger partial charge in [-0.05, 0) is 42.7 Å².